The molecule has 1 aliphatic carbocycles. The van der Waals surface area contributed by atoms with E-state index in [0.29, 0.717) is 0 Å². The molecular weight excluding hydrogens is 256 g/mol. The average Bonchev–Trinajstić information content (AvgIpc) is 2.46. The minimum Gasteiger partial charge on any atom is -0.321 e. The van der Waals surface area contributed by atoms with Gasteiger partial charge in [0.2, 0.25) is 0 Å². The number of nitrogens with zero attached hydrogens (tertiary/aromatic N) is 1. The average molecular weight is 282 g/mol. The van der Waals surface area contributed by atoms with Crippen molar-refractivity contribution in [3.8, 4) is 0 Å². The zero-order chi connectivity index (χ0) is 14.9. The van der Waals surface area contributed by atoms with Crippen LogP contribution < -0.4 is 5.73 Å². The molecule has 0 bridgehead atoms. The molecular formula is C19H26N2. The third kappa shape index (κ3) is 3.11. The van der Waals surface area contributed by atoms with Crippen LogP contribution in [0.4, 0.5) is 0 Å². The summed E-state index contributed by atoms with van der Waals surface area (Å²) >= 11 is 0. The fraction of sp³-hybridized carbons (Fsp3) is 0.526. The first-order chi connectivity index (χ1) is 10.1. The fourth-order valence-corrected chi connectivity index (χ4v) is 3.93. The van der Waals surface area contributed by atoms with E-state index in [0.717, 1.165) is 30.2 Å². The van der Waals surface area contributed by atoms with E-state index in [1.807, 2.05) is 12.3 Å². The Morgan fingerprint density at radius 1 is 1.33 bits per heavy atom. The lowest BCUT2D eigenvalue weighted by atomic mass is 9.70. The van der Waals surface area contributed by atoms with Crippen molar-refractivity contribution in [2.75, 3.05) is 0 Å². The minimum absolute atomic E-state index is 0.163. The molecule has 0 aliphatic heterocycles. The molecule has 0 radical (unpaired) electrons. The van der Waals surface area contributed by atoms with Gasteiger partial charge in [-0.15, -0.1) is 0 Å². The third-order valence-corrected chi connectivity index (χ3v) is 4.87. The number of hydrogen-bond donors (Lipinski definition) is 1. The van der Waals surface area contributed by atoms with Crippen molar-refractivity contribution in [3.05, 3.63) is 42.1 Å². The largest absolute Gasteiger partial charge is 0.321 e. The van der Waals surface area contributed by atoms with E-state index in [4.69, 9.17) is 5.73 Å². The Morgan fingerprint density at radius 2 is 2.19 bits per heavy atom. The lowest BCUT2D eigenvalue weighted by Crippen LogP contribution is -2.41. The molecule has 0 spiro atoms. The van der Waals surface area contributed by atoms with Gasteiger partial charge in [0.25, 0.3) is 0 Å². The maximum Gasteiger partial charge on any atom is 0.0705 e. The monoisotopic (exact) mass is 282 g/mol. The summed E-state index contributed by atoms with van der Waals surface area (Å²) in [5, 5.41) is 1.19. The van der Waals surface area contributed by atoms with E-state index in [2.05, 4.69) is 43.1 Å². The van der Waals surface area contributed by atoms with Gasteiger partial charge in [-0.05, 0) is 48.8 Å². The molecule has 2 N–H and O–H groups in total. The fourth-order valence-electron chi connectivity index (χ4n) is 3.93. The number of fused-ring (bicyclic) bond motifs is 1. The smallest absolute Gasteiger partial charge is 0.0705 e. The number of pyridine rings is 1. The van der Waals surface area contributed by atoms with Crippen LogP contribution in [0.2, 0.25) is 0 Å². The quantitative estimate of drug-likeness (QED) is 0.891. The standard InChI is InChI=1S/C19H26N2/c1-14(2)11-15-5-3-9-19(20,13-15)17-8-7-16-6-4-10-21-18(16)12-17/h4,6-8,10,12,14-15H,3,5,9,11,13,20H2,1-2H3. The predicted molar refractivity (Wildman–Crippen MR) is 89.0 cm³/mol. The zero-order valence-corrected chi connectivity index (χ0v) is 13.2. The van der Waals surface area contributed by atoms with E-state index in [9.17, 15) is 0 Å². The Balaban J connectivity index is 1.88. The van der Waals surface area contributed by atoms with Gasteiger partial charge in [0, 0.05) is 17.1 Å². The van der Waals surface area contributed by atoms with Crippen molar-refractivity contribution in [2.45, 2.75) is 51.5 Å². The molecule has 1 aromatic heterocycles. The van der Waals surface area contributed by atoms with Gasteiger partial charge < -0.3 is 5.73 Å². The highest BCUT2D eigenvalue weighted by atomic mass is 14.8. The van der Waals surface area contributed by atoms with Gasteiger partial charge in [-0.1, -0.05) is 44.9 Å². The van der Waals surface area contributed by atoms with Crippen LogP contribution in [0.3, 0.4) is 0 Å². The van der Waals surface area contributed by atoms with Crippen LogP contribution in [-0.2, 0) is 5.54 Å². The zero-order valence-electron chi connectivity index (χ0n) is 13.2. The lowest BCUT2D eigenvalue weighted by molar-refractivity contribution is 0.202. The Labute approximate surface area is 127 Å². The van der Waals surface area contributed by atoms with Crippen molar-refractivity contribution in [1.29, 1.82) is 0 Å². The first-order valence-electron chi connectivity index (χ1n) is 8.21. The SMILES string of the molecule is CC(C)CC1CCCC(N)(c2ccc3cccnc3c2)C1. The van der Waals surface area contributed by atoms with E-state index in [1.165, 1.54) is 30.2 Å². The van der Waals surface area contributed by atoms with Crippen molar-refractivity contribution in [2.24, 2.45) is 17.6 Å². The summed E-state index contributed by atoms with van der Waals surface area (Å²) in [5.41, 5.74) is 8.97. The van der Waals surface area contributed by atoms with Crippen LogP contribution in [0.25, 0.3) is 10.9 Å². The molecule has 1 fully saturated rings. The second kappa shape index (κ2) is 5.76. The highest BCUT2D eigenvalue weighted by Gasteiger charge is 2.34. The molecule has 3 rings (SSSR count). The summed E-state index contributed by atoms with van der Waals surface area (Å²) in [7, 11) is 0. The normalized spacial score (nSPS) is 26.4. The molecule has 21 heavy (non-hydrogen) atoms. The number of aromatic nitrogens is 1. The first-order valence-corrected chi connectivity index (χ1v) is 8.21. The summed E-state index contributed by atoms with van der Waals surface area (Å²) in [6.07, 6.45) is 7.95. The van der Waals surface area contributed by atoms with Crippen molar-refractivity contribution < 1.29 is 0 Å². The van der Waals surface area contributed by atoms with Gasteiger partial charge in [0.05, 0.1) is 5.52 Å². The van der Waals surface area contributed by atoms with Gasteiger partial charge in [0.1, 0.15) is 0 Å². The Kier molecular flexibility index (Phi) is 3.99. The highest BCUT2D eigenvalue weighted by Crippen LogP contribution is 2.40. The predicted octanol–water partition coefficient (Wildman–Crippen LogP) is 4.63. The maximum absolute atomic E-state index is 6.81. The molecule has 2 atom stereocenters. The van der Waals surface area contributed by atoms with E-state index in [1.54, 1.807) is 0 Å². The van der Waals surface area contributed by atoms with E-state index >= 15 is 0 Å². The van der Waals surface area contributed by atoms with Crippen LogP contribution in [0.1, 0.15) is 51.5 Å². The van der Waals surface area contributed by atoms with Crippen LogP contribution >= 0.6 is 0 Å². The minimum atomic E-state index is -0.163. The summed E-state index contributed by atoms with van der Waals surface area (Å²) in [4.78, 5) is 4.48. The molecule has 1 heterocycles. The number of hydrogen-bond acceptors (Lipinski definition) is 2. The van der Waals surface area contributed by atoms with Crippen molar-refractivity contribution >= 4 is 10.9 Å². The maximum atomic E-state index is 6.81. The van der Waals surface area contributed by atoms with E-state index < -0.39 is 0 Å². The second-order valence-corrected chi connectivity index (χ2v) is 7.16. The first kappa shape index (κ1) is 14.5. The van der Waals surface area contributed by atoms with Crippen molar-refractivity contribution in [1.82, 2.24) is 4.98 Å². The summed E-state index contributed by atoms with van der Waals surface area (Å²) in [6, 6.07) is 10.7. The molecule has 2 unspecified atom stereocenters. The molecule has 2 nitrogen and oxygen atoms in total. The molecule has 0 amide bonds. The Hall–Kier alpha value is -1.41. The lowest BCUT2D eigenvalue weighted by Gasteiger charge is -2.39. The van der Waals surface area contributed by atoms with Gasteiger partial charge in [-0.2, -0.15) is 0 Å². The molecule has 1 saturated carbocycles. The summed E-state index contributed by atoms with van der Waals surface area (Å²) in [6.45, 7) is 4.62. The molecule has 2 aromatic rings. The van der Waals surface area contributed by atoms with Gasteiger partial charge in [0.15, 0.2) is 0 Å². The molecule has 112 valence electrons. The molecule has 2 heteroatoms. The van der Waals surface area contributed by atoms with E-state index in [-0.39, 0.29) is 5.54 Å². The third-order valence-electron chi connectivity index (χ3n) is 4.87. The van der Waals surface area contributed by atoms with Gasteiger partial charge >= 0.3 is 0 Å². The summed E-state index contributed by atoms with van der Waals surface area (Å²) in [5.74, 6) is 1.53. The topological polar surface area (TPSA) is 38.9 Å². The number of benzene rings is 1. The molecule has 1 aromatic carbocycles. The number of nitrogens with two attached hydrogens (primary N) is 1. The van der Waals surface area contributed by atoms with Crippen molar-refractivity contribution in [3.63, 3.8) is 0 Å². The highest BCUT2D eigenvalue weighted by molar-refractivity contribution is 5.79. The number of rotatable bonds is 3. The van der Waals surface area contributed by atoms with Gasteiger partial charge in [-0.25, -0.2) is 0 Å². The van der Waals surface area contributed by atoms with Gasteiger partial charge in [-0.3, -0.25) is 4.98 Å². The Morgan fingerprint density at radius 3 is 3.00 bits per heavy atom. The summed E-state index contributed by atoms with van der Waals surface area (Å²) < 4.78 is 0. The molecule has 0 saturated heterocycles. The molecule has 1 aliphatic rings. The van der Waals surface area contributed by atoms with Crippen LogP contribution in [0, 0.1) is 11.8 Å². The van der Waals surface area contributed by atoms with Crippen LogP contribution in [0.5, 0.6) is 0 Å². The Bertz CT molecular complexity index is 620. The van der Waals surface area contributed by atoms with Crippen LogP contribution in [0.15, 0.2) is 36.5 Å². The second-order valence-electron chi connectivity index (χ2n) is 7.16. The van der Waals surface area contributed by atoms with Crippen LogP contribution in [-0.4, -0.2) is 4.98 Å².